The third-order valence-corrected chi connectivity index (χ3v) is 5.83. The van der Waals surface area contributed by atoms with Crippen LogP contribution < -0.4 is 4.72 Å². The topological polar surface area (TPSA) is 83.5 Å². The number of aliphatic carboxylic acids is 1. The summed E-state index contributed by atoms with van der Waals surface area (Å²) in [5, 5.41) is 8.59. The van der Waals surface area contributed by atoms with Crippen molar-refractivity contribution in [3.8, 4) is 0 Å². The molecule has 0 aliphatic heterocycles. The normalized spacial score (nSPS) is 21.4. The molecule has 1 fully saturated rings. The zero-order valence-electron chi connectivity index (χ0n) is 13.9. The van der Waals surface area contributed by atoms with E-state index in [0.29, 0.717) is 17.2 Å². The van der Waals surface area contributed by atoms with Crippen molar-refractivity contribution < 1.29 is 18.3 Å². The zero-order chi connectivity index (χ0) is 17.6. The van der Waals surface area contributed by atoms with Gasteiger partial charge in [0.2, 0.25) is 10.0 Å². The van der Waals surface area contributed by atoms with Crippen molar-refractivity contribution in [3.63, 3.8) is 0 Å². The Bertz CT molecular complexity index is 679. The molecule has 2 rings (SSSR count). The van der Waals surface area contributed by atoms with Crippen LogP contribution in [0.3, 0.4) is 0 Å². The summed E-state index contributed by atoms with van der Waals surface area (Å²) < 4.78 is 27.6. The van der Waals surface area contributed by atoms with Gasteiger partial charge in [-0.15, -0.1) is 0 Å². The number of unbranched alkanes of at least 4 members (excludes halogenated alkanes) is 1. The van der Waals surface area contributed by atoms with Gasteiger partial charge in [0.1, 0.15) is 0 Å². The molecule has 0 bridgehead atoms. The molecule has 1 aromatic carbocycles. The smallest absolute Gasteiger partial charge is 0.303 e. The first kappa shape index (κ1) is 18.7. The van der Waals surface area contributed by atoms with Gasteiger partial charge in [0.15, 0.2) is 0 Å². The van der Waals surface area contributed by atoms with Crippen LogP contribution in [0.1, 0.15) is 44.1 Å². The second-order valence-corrected chi connectivity index (χ2v) is 8.13. The number of benzene rings is 1. The van der Waals surface area contributed by atoms with Crippen LogP contribution in [-0.2, 0) is 14.8 Å². The highest BCUT2D eigenvalue weighted by Crippen LogP contribution is 2.28. The largest absolute Gasteiger partial charge is 0.481 e. The Labute approximate surface area is 143 Å². The van der Waals surface area contributed by atoms with Gasteiger partial charge in [0.05, 0.1) is 4.90 Å². The van der Waals surface area contributed by atoms with Gasteiger partial charge in [-0.2, -0.15) is 0 Å². The van der Waals surface area contributed by atoms with Crippen LogP contribution in [-0.4, -0.2) is 25.5 Å². The van der Waals surface area contributed by atoms with Gasteiger partial charge >= 0.3 is 5.97 Å². The summed E-state index contributed by atoms with van der Waals surface area (Å²) in [5.41, 5.74) is 1.03. The first-order chi connectivity index (χ1) is 11.4. The summed E-state index contributed by atoms with van der Waals surface area (Å²) in [6.45, 7) is 1.92. The molecule has 24 heavy (non-hydrogen) atoms. The molecule has 132 valence electrons. The average molecular weight is 351 g/mol. The number of aryl methyl sites for hydroxylation is 1. The number of carboxylic acid groups (broad SMARTS) is 1. The third-order valence-electron chi connectivity index (χ3n) is 4.30. The molecule has 0 heterocycles. The summed E-state index contributed by atoms with van der Waals surface area (Å²) in [4.78, 5) is 10.7. The highest BCUT2D eigenvalue weighted by Gasteiger charge is 2.27. The summed E-state index contributed by atoms with van der Waals surface area (Å²) in [5.74, 6) is -0.407. The highest BCUT2D eigenvalue weighted by atomic mass is 32.2. The standard InChI is InChI=1S/C18H25NO4S/c1-14-7-11-17(12-8-14)24(22,23)19-16-10-9-15(13-16)5-3-2-4-6-18(20)21/h3,5,7-8,11-12,15-16,19H,2,4,6,9-10,13H2,1H3,(H,20,21)/b5-3-. The van der Waals surface area contributed by atoms with Crippen molar-refractivity contribution in [2.45, 2.75) is 56.4 Å². The number of allylic oxidation sites excluding steroid dienone is 2. The highest BCUT2D eigenvalue weighted by molar-refractivity contribution is 7.89. The predicted octanol–water partition coefficient (Wildman–Crippen LogP) is 3.25. The molecule has 2 unspecified atom stereocenters. The Kier molecular flexibility index (Phi) is 6.57. The van der Waals surface area contributed by atoms with E-state index in [4.69, 9.17) is 5.11 Å². The number of sulfonamides is 1. The minimum atomic E-state index is -3.46. The monoisotopic (exact) mass is 351 g/mol. The van der Waals surface area contributed by atoms with Crippen molar-refractivity contribution in [2.75, 3.05) is 0 Å². The molecule has 0 spiro atoms. The maximum atomic E-state index is 12.4. The molecule has 0 amide bonds. The minimum Gasteiger partial charge on any atom is -0.481 e. The molecule has 1 saturated carbocycles. The van der Waals surface area contributed by atoms with Crippen LogP contribution in [0, 0.1) is 12.8 Å². The molecular formula is C18H25NO4S. The Balaban J connectivity index is 1.81. The molecule has 1 aliphatic carbocycles. The van der Waals surface area contributed by atoms with Gasteiger partial charge in [-0.3, -0.25) is 4.79 Å². The number of carbonyl (C=O) groups is 1. The lowest BCUT2D eigenvalue weighted by Gasteiger charge is -2.13. The van der Waals surface area contributed by atoms with Crippen LogP contribution in [0.4, 0.5) is 0 Å². The number of hydrogen-bond donors (Lipinski definition) is 2. The van der Waals surface area contributed by atoms with E-state index in [-0.39, 0.29) is 12.5 Å². The van der Waals surface area contributed by atoms with Crippen LogP contribution in [0.25, 0.3) is 0 Å². The van der Waals surface area contributed by atoms with Crippen LogP contribution in [0.2, 0.25) is 0 Å². The summed E-state index contributed by atoms with van der Waals surface area (Å²) in [7, 11) is -3.46. The number of rotatable bonds is 8. The van der Waals surface area contributed by atoms with E-state index in [1.165, 1.54) is 0 Å². The summed E-state index contributed by atoms with van der Waals surface area (Å²) in [6.07, 6.45) is 8.28. The fraction of sp³-hybridized carbons (Fsp3) is 0.500. The number of hydrogen-bond acceptors (Lipinski definition) is 3. The lowest BCUT2D eigenvalue weighted by atomic mass is 10.1. The third kappa shape index (κ3) is 5.76. The molecule has 0 aromatic heterocycles. The van der Waals surface area contributed by atoms with Crippen molar-refractivity contribution in [2.24, 2.45) is 5.92 Å². The van der Waals surface area contributed by atoms with E-state index >= 15 is 0 Å². The molecular weight excluding hydrogens is 326 g/mol. The number of nitrogens with one attached hydrogen (secondary N) is 1. The van der Waals surface area contributed by atoms with Crippen LogP contribution in [0.15, 0.2) is 41.3 Å². The fourth-order valence-corrected chi connectivity index (χ4v) is 4.25. The maximum absolute atomic E-state index is 12.4. The Hall–Kier alpha value is -1.66. The van der Waals surface area contributed by atoms with Gasteiger partial charge in [-0.1, -0.05) is 29.8 Å². The van der Waals surface area contributed by atoms with E-state index in [2.05, 4.69) is 10.8 Å². The summed E-state index contributed by atoms with van der Waals surface area (Å²) in [6, 6.07) is 6.82. The first-order valence-electron chi connectivity index (χ1n) is 8.34. The average Bonchev–Trinajstić information content (AvgIpc) is 2.93. The maximum Gasteiger partial charge on any atom is 0.303 e. The minimum absolute atomic E-state index is 0.0371. The lowest BCUT2D eigenvalue weighted by Crippen LogP contribution is -2.32. The first-order valence-corrected chi connectivity index (χ1v) is 9.82. The summed E-state index contributed by atoms with van der Waals surface area (Å²) >= 11 is 0. The SMILES string of the molecule is Cc1ccc(S(=O)(=O)NC2CCC(/C=C\CCCC(=O)O)C2)cc1. The molecule has 0 saturated heterocycles. The van der Waals surface area contributed by atoms with E-state index in [9.17, 15) is 13.2 Å². The van der Waals surface area contributed by atoms with Gasteiger partial charge in [-0.05, 0) is 57.1 Å². The van der Waals surface area contributed by atoms with Crippen molar-refractivity contribution in [3.05, 3.63) is 42.0 Å². The van der Waals surface area contributed by atoms with Crippen molar-refractivity contribution in [1.82, 2.24) is 4.72 Å². The molecule has 2 N–H and O–H groups in total. The Morgan fingerprint density at radius 2 is 2.00 bits per heavy atom. The zero-order valence-corrected chi connectivity index (χ0v) is 14.8. The molecule has 0 radical (unpaired) electrons. The van der Waals surface area contributed by atoms with Crippen LogP contribution in [0.5, 0.6) is 0 Å². The van der Waals surface area contributed by atoms with Crippen molar-refractivity contribution in [1.29, 1.82) is 0 Å². The molecule has 2 atom stereocenters. The van der Waals surface area contributed by atoms with E-state index in [0.717, 1.165) is 31.2 Å². The Morgan fingerprint density at radius 1 is 1.29 bits per heavy atom. The van der Waals surface area contributed by atoms with E-state index in [1.54, 1.807) is 24.3 Å². The molecule has 1 aromatic rings. The van der Waals surface area contributed by atoms with Gasteiger partial charge < -0.3 is 5.11 Å². The second-order valence-electron chi connectivity index (χ2n) is 6.42. The van der Waals surface area contributed by atoms with Gasteiger partial charge in [0.25, 0.3) is 0 Å². The van der Waals surface area contributed by atoms with E-state index < -0.39 is 16.0 Å². The fourth-order valence-electron chi connectivity index (χ4n) is 2.96. The quantitative estimate of drug-likeness (QED) is 0.556. The van der Waals surface area contributed by atoms with E-state index in [1.807, 2.05) is 13.0 Å². The Morgan fingerprint density at radius 3 is 2.67 bits per heavy atom. The van der Waals surface area contributed by atoms with Gasteiger partial charge in [0, 0.05) is 12.5 Å². The number of carboxylic acids is 1. The molecule has 1 aliphatic rings. The second kappa shape index (κ2) is 8.44. The molecule has 5 nitrogen and oxygen atoms in total. The van der Waals surface area contributed by atoms with Crippen LogP contribution >= 0.6 is 0 Å². The van der Waals surface area contributed by atoms with Crippen molar-refractivity contribution >= 4 is 16.0 Å². The van der Waals surface area contributed by atoms with Gasteiger partial charge in [-0.25, -0.2) is 13.1 Å². The lowest BCUT2D eigenvalue weighted by molar-refractivity contribution is -0.137. The molecule has 6 heteroatoms. The predicted molar refractivity (Wildman–Crippen MR) is 93.3 cm³/mol.